The first-order chi connectivity index (χ1) is 9.53. The molecule has 0 aliphatic carbocycles. The van der Waals surface area contributed by atoms with Crippen LogP contribution >= 0.6 is 0 Å². The number of carbonyl (C=O) groups is 3. The van der Waals surface area contributed by atoms with Crippen molar-refractivity contribution in [2.24, 2.45) is 11.8 Å². The first kappa shape index (κ1) is 19.2. The summed E-state index contributed by atoms with van der Waals surface area (Å²) < 4.78 is 14.4. The van der Waals surface area contributed by atoms with Crippen LogP contribution in [0.4, 0.5) is 4.79 Å². The van der Waals surface area contributed by atoms with Crippen LogP contribution in [0.5, 0.6) is 0 Å². The molecule has 122 valence electrons. The van der Waals surface area contributed by atoms with Crippen LogP contribution in [-0.4, -0.2) is 43.9 Å². The van der Waals surface area contributed by atoms with Crippen LogP contribution in [-0.2, 0) is 23.8 Å². The zero-order chi connectivity index (χ0) is 16.8. The summed E-state index contributed by atoms with van der Waals surface area (Å²) in [5, 5.41) is 2.54. The molecule has 0 saturated heterocycles. The summed E-state index contributed by atoms with van der Waals surface area (Å²) in [6.07, 6.45) is -0.709. The Morgan fingerprint density at radius 3 is 1.67 bits per heavy atom. The zero-order valence-electron chi connectivity index (χ0n) is 13.7. The van der Waals surface area contributed by atoms with Gasteiger partial charge in [-0.2, -0.15) is 0 Å². The fourth-order valence-corrected chi connectivity index (χ4v) is 1.72. The molecule has 0 aliphatic heterocycles. The van der Waals surface area contributed by atoms with Gasteiger partial charge >= 0.3 is 18.0 Å². The van der Waals surface area contributed by atoms with Crippen LogP contribution in [0.1, 0.15) is 34.6 Å². The Labute approximate surface area is 125 Å². The third-order valence-corrected chi connectivity index (χ3v) is 2.67. The fourth-order valence-electron chi connectivity index (χ4n) is 1.72. The van der Waals surface area contributed by atoms with Crippen molar-refractivity contribution >= 4 is 18.0 Å². The Morgan fingerprint density at radius 2 is 1.38 bits per heavy atom. The molecule has 21 heavy (non-hydrogen) atoms. The molecule has 0 aromatic heterocycles. The third-order valence-electron chi connectivity index (χ3n) is 2.67. The number of ether oxygens (including phenoxy) is 3. The number of esters is 2. The van der Waals surface area contributed by atoms with Gasteiger partial charge in [0.25, 0.3) is 0 Å². The Kier molecular flexibility index (Phi) is 7.18. The van der Waals surface area contributed by atoms with E-state index in [2.05, 4.69) is 14.8 Å². The molecule has 0 fully saturated rings. The van der Waals surface area contributed by atoms with Crippen molar-refractivity contribution in [3.05, 3.63) is 0 Å². The predicted octanol–water partition coefficient (Wildman–Crippen LogP) is 1.50. The summed E-state index contributed by atoms with van der Waals surface area (Å²) >= 11 is 0. The van der Waals surface area contributed by atoms with Gasteiger partial charge in [-0.3, -0.25) is 9.59 Å². The number of nitrogens with one attached hydrogen (secondary N) is 1. The Balaban J connectivity index is 5.20. The van der Waals surface area contributed by atoms with Gasteiger partial charge in [-0.05, 0) is 26.7 Å². The molecule has 1 amide bonds. The number of hydrogen-bond acceptors (Lipinski definition) is 6. The average molecular weight is 303 g/mol. The van der Waals surface area contributed by atoms with E-state index in [0.29, 0.717) is 0 Å². The van der Waals surface area contributed by atoms with E-state index < -0.39 is 35.6 Å². The maximum atomic E-state index is 11.9. The normalized spacial score (nSPS) is 12.8. The van der Waals surface area contributed by atoms with Crippen LogP contribution in [0.25, 0.3) is 0 Å². The molecular formula is C14H25NO6. The van der Waals surface area contributed by atoms with E-state index in [1.165, 1.54) is 14.2 Å². The minimum absolute atomic E-state index is 0.208. The highest BCUT2D eigenvalue weighted by atomic mass is 16.6. The summed E-state index contributed by atoms with van der Waals surface area (Å²) in [6.45, 7) is 8.68. The Morgan fingerprint density at radius 1 is 0.952 bits per heavy atom. The van der Waals surface area contributed by atoms with Crippen molar-refractivity contribution in [1.82, 2.24) is 5.32 Å². The van der Waals surface area contributed by atoms with Crippen LogP contribution < -0.4 is 5.32 Å². The predicted molar refractivity (Wildman–Crippen MR) is 75.5 cm³/mol. The molecular weight excluding hydrogens is 278 g/mol. The molecule has 1 N–H and O–H groups in total. The molecule has 7 nitrogen and oxygen atoms in total. The summed E-state index contributed by atoms with van der Waals surface area (Å²) in [6, 6.07) is -0.792. The van der Waals surface area contributed by atoms with Crippen molar-refractivity contribution < 1.29 is 28.6 Å². The topological polar surface area (TPSA) is 90.9 Å². The number of alkyl carbamates (subject to hydrolysis) is 1. The molecule has 0 spiro atoms. The molecule has 0 rings (SSSR count). The van der Waals surface area contributed by atoms with Gasteiger partial charge in [0, 0.05) is 0 Å². The second-order valence-electron chi connectivity index (χ2n) is 5.94. The SMILES string of the molecule is COC(=O)C(C(=O)OC)[C@H](NC(=O)OC(C)(C)C)C(C)C. The highest BCUT2D eigenvalue weighted by molar-refractivity contribution is 5.96. The lowest BCUT2D eigenvalue weighted by molar-refractivity contribution is -0.160. The highest BCUT2D eigenvalue weighted by Gasteiger charge is 2.40. The van der Waals surface area contributed by atoms with E-state index in [4.69, 9.17) is 4.74 Å². The second kappa shape index (κ2) is 7.85. The maximum Gasteiger partial charge on any atom is 0.407 e. The van der Waals surface area contributed by atoms with Gasteiger partial charge in [0.05, 0.1) is 20.3 Å². The number of amides is 1. The summed E-state index contributed by atoms with van der Waals surface area (Å²) in [5.41, 5.74) is -0.683. The Bertz CT molecular complexity index is 369. The Hall–Kier alpha value is -1.79. The molecule has 0 aromatic rings. The average Bonchev–Trinajstić information content (AvgIpc) is 2.34. The number of carbonyl (C=O) groups excluding carboxylic acids is 3. The number of rotatable bonds is 5. The van der Waals surface area contributed by atoms with Gasteiger partial charge < -0.3 is 19.5 Å². The van der Waals surface area contributed by atoms with E-state index in [9.17, 15) is 14.4 Å². The largest absolute Gasteiger partial charge is 0.468 e. The lowest BCUT2D eigenvalue weighted by Gasteiger charge is -2.29. The second-order valence-corrected chi connectivity index (χ2v) is 5.94. The van der Waals surface area contributed by atoms with Gasteiger partial charge in [-0.25, -0.2) is 4.79 Å². The zero-order valence-corrected chi connectivity index (χ0v) is 13.7. The van der Waals surface area contributed by atoms with Crippen LogP contribution in [0.3, 0.4) is 0 Å². The molecule has 0 aromatic carbocycles. The van der Waals surface area contributed by atoms with Gasteiger partial charge in [-0.1, -0.05) is 13.8 Å². The number of hydrogen-bond donors (Lipinski definition) is 1. The maximum absolute atomic E-state index is 11.9. The van der Waals surface area contributed by atoms with Gasteiger partial charge in [0.2, 0.25) is 0 Å². The van der Waals surface area contributed by atoms with Gasteiger partial charge in [-0.15, -0.1) is 0 Å². The molecule has 1 atom stereocenters. The molecule has 0 bridgehead atoms. The van der Waals surface area contributed by atoms with Crippen molar-refractivity contribution in [2.75, 3.05) is 14.2 Å². The van der Waals surface area contributed by atoms with Crippen molar-refractivity contribution in [3.63, 3.8) is 0 Å². The van der Waals surface area contributed by atoms with E-state index in [0.717, 1.165) is 0 Å². The first-order valence-electron chi connectivity index (χ1n) is 6.68. The van der Waals surface area contributed by atoms with Crippen LogP contribution in [0, 0.1) is 11.8 Å². The minimum Gasteiger partial charge on any atom is -0.468 e. The summed E-state index contributed by atoms with van der Waals surface area (Å²) in [5.74, 6) is -2.98. The standard InChI is InChI=1S/C14H25NO6/c1-8(2)10(15-13(18)21-14(3,4)5)9(11(16)19-6)12(17)20-7/h8-10H,1-7H3,(H,15,18)/t10-/m1/s1. The lowest BCUT2D eigenvalue weighted by Crippen LogP contribution is -2.51. The highest BCUT2D eigenvalue weighted by Crippen LogP contribution is 2.18. The van der Waals surface area contributed by atoms with E-state index in [1.54, 1.807) is 34.6 Å². The summed E-state index contributed by atoms with van der Waals surface area (Å²) in [4.78, 5) is 35.5. The van der Waals surface area contributed by atoms with Crippen molar-refractivity contribution in [3.8, 4) is 0 Å². The van der Waals surface area contributed by atoms with Gasteiger partial charge in [0.1, 0.15) is 5.60 Å². The minimum atomic E-state index is -1.24. The van der Waals surface area contributed by atoms with E-state index >= 15 is 0 Å². The fraction of sp³-hybridized carbons (Fsp3) is 0.786. The molecule has 7 heteroatoms. The number of methoxy groups -OCH3 is 2. The molecule has 0 heterocycles. The third kappa shape index (κ3) is 6.46. The van der Waals surface area contributed by atoms with Gasteiger partial charge in [0.15, 0.2) is 5.92 Å². The van der Waals surface area contributed by atoms with Crippen molar-refractivity contribution in [1.29, 1.82) is 0 Å². The molecule has 0 radical (unpaired) electrons. The quantitative estimate of drug-likeness (QED) is 0.470. The van der Waals surface area contributed by atoms with Crippen molar-refractivity contribution in [2.45, 2.75) is 46.3 Å². The van der Waals surface area contributed by atoms with E-state index in [-0.39, 0.29) is 5.92 Å². The van der Waals surface area contributed by atoms with E-state index in [1.807, 2.05) is 0 Å². The smallest absolute Gasteiger partial charge is 0.407 e. The van der Waals surface area contributed by atoms with Crippen LogP contribution in [0.15, 0.2) is 0 Å². The summed E-state index contributed by atoms with van der Waals surface area (Å²) in [7, 11) is 2.34. The molecule has 0 aliphatic rings. The monoisotopic (exact) mass is 303 g/mol. The molecule has 0 saturated carbocycles. The lowest BCUT2D eigenvalue weighted by atomic mass is 9.90. The van der Waals surface area contributed by atoms with Crippen LogP contribution in [0.2, 0.25) is 0 Å². The first-order valence-corrected chi connectivity index (χ1v) is 6.68. The molecule has 0 unspecified atom stereocenters.